The summed E-state index contributed by atoms with van der Waals surface area (Å²) in [5.74, 6) is -0.521. The molecular formula is C10H10BrF2NO2S2. The van der Waals surface area contributed by atoms with Gasteiger partial charge in [0.25, 0.3) is 0 Å². The molecule has 0 aromatic heterocycles. The van der Waals surface area contributed by atoms with Gasteiger partial charge < -0.3 is 0 Å². The Kier molecular flexibility index (Phi) is 4.30. The van der Waals surface area contributed by atoms with Gasteiger partial charge in [-0.25, -0.2) is 17.2 Å². The second-order valence-corrected chi connectivity index (χ2v) is 7.67. The summed E-state index contributed by atoms with van der Waals surface area (Å²) in [6.45, 7) is 0.687. The second kappa shape index (κ2) is 5.44. The Bertz CT molecular complexity index is 536. The highest BCUT2D eigenvalue weighted by atomic mass is 79.9. The summed E-state index contributed by atoms with van der Waals surface area (Å²) in [7, 11) is -3.91. The number of sulfonamides is 1. The third kappa shape index (κ3) is 2.71. The van der Waals surface area contributed by atoms with E-state index in [1.54, 1.807) is 11.8 Å². The minimum absolute atomic E-state index is 0.0850. The highest BCUT2D eigenvalue weighted by Gasteiger charge is 2.31. The molecule has 0 N–H and O–H groups in total. The van der Waals surface area contributed by atoms with Crippen molar-refractivity contribution in [2.75, 3.05) is 24.6 Å². The summed E-state index contributed by atoms with van der Waals surface area (Å²) in [5, 5.41) is 0. The molecule has 0 amide bonds. The lowest BCUT2D eigenvalue weighted by molar-refractivity contribution is 0.437. The zero-order valence-electron chi connectivity index (χ0n) is 9.20. The first kappa shape index (κ1) is 14.2. The number of hydrogen-bond acceptors (Lipinski definition) is 3. The van der Waals surface area contributed by atoms with Gasteiger partial charge in [0, 0.05) is 35.1 Å². The minimum atomic E-state index is -3.91. The van der Waals surface area contributed by atoms with Crippen LogP contribution in [0.3, 0.4) is 0 Å². The van der Waals surface area contributed by atoms with Crippen molar-refractivity contribution in [3.63, 3.8) is 0 Å². The number of thioether (sulfide) groups is 1. The van der Waals surface area contributed by atoms with Crippen LogP contribution in [0.25, 0.3) is 0 Å². The van der Waals surface area contributed by atoms with Gasteiger partial charge in [-0.3, -0.25) is 0 Å². The van der Waals surface area contributed by atoms with Gasteiger partial charge in [0.1, 0.15) is 16.5 Å². The SMILES string of the molecule is O=S(=O)(c1c(F)cc(F)cc1Br)N1CCSCC1. The molecule has 1 aromatic carbocycles. The molecule has 0 atom stereocenters. The van der Waals surface area contributed by atoms with E-state index in [4.69, 9.17) is 0 Å². The Morgan fingerprint density at radius 3 is 2.39 bits per heavy atom. The summed E-state index contributed by atoms with van der Waals surface area (Å²) in [6.07, 6.45) is 0. The van der Waals surface area contributed by atoms with Crippen LogP contribution in [0, 0.1) is 11.6 Å². The molecule has 0 spiro atoms. The van der Waals surface area contributed by atoms with E-state index in [-0.39, 0.29) is 4.47 Å². The molecule has 1 aromatic rings. The lowest BCUT2D eigenvalue weighted by Gasteiger charge is -2.26. The molecule has 1 fully saturated rings. The van der Waals surface area contributed by atoms with Crippen molar-refractivity contribution in [2.24, 2.45) is 0 Å². The van der Waals surface area contributed by atoms with Crippen molar-refractivity contribution < 1.29 is 17.2 Å². The molecule has 0 saturated carbocycles. The molecule has 3 nitrogen and oxygen atoms in total. The van der Waals surface area contributed by atoms with Crippen LogP contribution in [0.5, 0.6) is 0 Å². The van der Waals surface area contributed by atoms with Gasteiger partial charge in [0.15, 0.2) is 0 Å². The molecule has 1 aliphatic rings. The standard InChI is InChI=1S/C10H10BrF2NO2S2/c11-8-5-7(12)6-9(13)10(8)18(15,16)14-1-3-17-4-2-14/h5-6H,1-4H2. The van der Waals surface area contributed by atoms with Crippen LogP contribution in [-0.2, 0) is 10.0 Å². The third-order valence-electron chi connectivity index (χ3n) is 2.53. The van der Waals surface area contributed by atoms with E-state index >= 15 is 0 Å². The Morgan fingerprint density at radius 1 is 1.22 bits per heavy atom. The largest absolute Gasteiger partial charge is 0.247 e. The summed E-state index contributed by atoms with van der Waals surface area (Å²) >= 11 is 4.56. The fourth-order valence-electron chi connectivity index (χ4n) is 1.69. The molecule has 100 valence electrons. The van der Waals surface area contributed by atoms with E-state index in [1.807, 2.05) is 0 Å². The third-order valence-corrected chi connectivity index (χ3v) is 6.34. The number of nitrogens with zero attached hydrogens (tertiary/aromatic N) is 1. The maximum atomic E-state index is 13.7. The van der Waals surface area contributed by atoms with Crippen molar-refractivity contribution in [3.8, 4) is 0 Å². The van der Waals surface area contributed by atoms with Gasteiger partial charge in [-0.05, 0) is 22.0 Å². The summed E-state index contributed by atoms with van der Waals surface area (Å²) < 4.78 is 52.3. The highest BCUT2D eigenvalue weighted by molar-refractivity contribution is 9.10. The molecule has 1 saturated heterocycles. The van der Waals surface area contributed by atoms with E-state index in [2.05, 4.69) is 15.9 Å². The van der Waals surface area contributed by atoms with Gasteiger partial charge in [0.05, 0.1) is 0 Å². The molecule has 18 heavy (non-hydrogen) atoms. The Hall–Kier alpha value is -0.180. The first-order chi connectivity index (χ1) is 8.43. The molecule has 0 radical (unpaired) electrons. The first-order valence-corrected chi connectivity index (χ1v) is 8.54. The average Bonchev–Trinajstić information content (AvgIpc) is 2.28. The zero-order chi connectivity index (χ0) is 13.3. The van der Waals surface area contributed by atoms with Crippen LogP contribution in [-0.4, -0.2) is 37.3 Å². The molecule has 1 heterocycles. The Morgan fingerprint density at radius 2 is 1.83 bits per heavy atom. The Labute approximate surface area is 117 Å². The molecule has 2 rings (SSSR count). The predicted octanol–water partition coefficient (Wildman–Crippen LogP) is 2.46. The van der Waals surface area contributed by atoms with Crippen molar-refractivity contribution in [2.45, 2.75) is 4.90 Å². The van der Waals surface area contributed by atoms with Crippen molar-refractivity contribution >= 4 is 37.7 Å². The first-order valence-electron chi connectivity index (χ1n) is 5.15. The van der Waals surface area contributed by atoms with Crippen molar-refractivity contribution in [1.29, 1.82) is 0 Å². The van der Waals surface area contributed by atoms with Gasteiger partial charge >= 0.3 is 0 Å². The maximum Gasteiger partial charge on any atom is 0.247 e. The monoisotopic (exact) mass is 357 g/mol. The van der Waals surface area contributed by atoms with E-state index < -0.39 is 26.6 Å². The molecule has 8 heteroatoms. The number of rotatable bonds is 2. The summed E-state index contributed by atoms with van der Waals surface area (Å²) in [4.78, 5) is -0.490. The van der Waals surface area contributed by atoms with E-state index in [0.29, 0.717) is 30.7 Å². The summed E-state index contributed by atoms with van der Waals surface area (Å²) in [6, 6.07) is 1.53. The molecular weight excluding hydrogens is 348 g/mol. The lowest BCUT2D eigenvalue weighted by Crippen LogP contribution is -2.38. The second-order valence-electron chi connectivity index (χ2n) is 3.72. The van der Waals surface area contributed by atoms with Gasteiger partial charge in [0.2, 0.25) is 10.0 Å². The highest BCUT2D eigenvalue weighted by Crippen LogP contribution is 2.30. The fraction of sp³-hybridized carbons (Fsp3) is 0.400. The van der Waals surface area contributed by atoms with Crippen LogP contribution in [0.2, 0.25) is 0 Å². The van der Waals surface area contributed by atoms with Gasteiger partial charge in [-0.15, -0.1) is 0 Å². The smallest absolute Gasteiger partial charge is 0.207 e. The Balaban J connectivity index is 2.47. The number of halogens is 3. The molecule has 1 aliphatic heterocycles. The molecule has 0 unspecified atom stereocenters. The average molecular weight is 358 g/mol. The van der Waals surface area contributed by atoms with E-state index in [1.165, 1.54) is 4.31 Å². The summed E-state index contributed by atoms with van der Waals surface area (Å²) in [5.41, 5.74) is 0. The lowest BCUT2D eigenvalue weighted by atomic mass is 10.3. The number of hydrogen-bond donors (Lipinski definition) is 0. The van der Waals surface area contributed by atoms with Crippen LogP contribution in [0.1, 0.15) is 0 Å². The van der Waals surface area contributed by atoms with Crippen LogP contribution >= 0.6 is 27.7 Å². The molecule has 0 bridgehead atoms. The predicted molar refractivity (Wildman–Crippen MR) is 70.1 cm³/mol. The van der Waals surface area contributed by atoms with E-state index in [9.17, 15) is 17.2 Å². The normalized spacial score (nSPS) is 17.9. The van der Waals surface area contributed by atoms with E-state index in [0.717, 1.165) is 6.07 Å². The fourth-order valence-corrected chi connectivity index (χ4v) is 5.38. The number of benzene rings is 1. The minimum Gasteiger partial charge on any atom is -0.207 e. The zero-order valence-corrected chi connectivity index (χ0v) is 12.4. The van der Waals surface area contributed by atoms with Crippen molar-refractivity contribution in [1.82, 2.24) is 4.31 Å². The van der Waals surface area contributed by atoms with Crippen molar-refractivity contribution in [3.05, 3.63) is 28.2 Å². The quantitative estimate of drug-likeness (QED) is 0.815. The van der Waals surface area contributed by atoms with Crippen LogP contribution in [0.15, 0.2) is 21.5 Å². The molecule has 0 aliphatic carbocycles. The maximum absolute atomic E-state index is 13.7. The van der Waals surface area contributed by atoms with Gasteiger partial charge in [-0.1, -0.05) is 0 Å². The van der Waals surface area contributed by atoms with Gasteiger partial charge in [-0.2, -0.15) is 16.1 Å². The topological polar surface area (TPSA) is 37.4 Å². The van der Waals surface area contributed by atoms with Crippen LogP contribution in [0.4, 0.5) is 8.78 Å². The van der Waals surface area contributed by atoms with Crippen LogP contribution < -0.4 is 0 Å².